The first-order valence-corrected chi connectivity index (χ1v) is 7.76. The number of aliphatic hydroxyl groups is 1. The molecule has 0 saturated carbocycles. The lowest BCUT2D eigenvalue weighted by molar-refractivity contribution is 0.296. The van der Waals surface area contributed by atoms with E-state index in [1.807, 2.05) is 6.92 Å². The zero-order valence-corrected chi connectivity index (χ0v) is 13.7. The van der Waals surface area contributed by atoms with Gasteiger partial charge in [0.05, 0.1) is 12.3 Å². The Labute approximate surface area is 124 Å². The monoisotopic (exact) mass is 328 g/mol. The Balaban J connectivity index is 3.08. The Hall–Kier alpha value is -0.580. The smallest absolute Gasteiger partial charge is 0.0606 e. The van der Waals surface area contributed by atoms with E-state index in [-0.39, 0.29) is 12.6 Å². The standard InChI is InChI=1S/C15H25BrN2O/c1-4-13(5-2)18(8-9-19)15-7-6-12(11(3)17)10-14(15)16/h6-7,10-11,13,19H,4-5,8-9,17H2,1-3H3. The lowest BCUT2D eigenvalue weighted by atomic mass is 10.1. The van der Waals surface area contributed by atoms with E-state index in [0.29, 0.717) is 12.6 Å². The second-order valence-corrected chi connectivity index (χ2v) is 5.74. The Bertz CT molecular complexity index is 392. The molecule has 0 aromatic heterocycles. The molecule has 3 nitrogen and oxygen atoms in total. The van der Waals surface area contributed by atoms with Crippen molar-refractivity contribution in [3.63, 3.8) is 0 Å². The number of halogens is 1. The molecule has 0 fully saturated rings. The maximum Gasteiger partial charge on any atom is 0.0606 e. The van der Waals surface area contributed by atoms with Crippen molar-refractivity contribution in [2.45, 2.75) is 45.7 Å². The number of rotatable bonds is 7. The molecule has 1 aromatic carbocycles. The first-order valence-electron chi connectivity index (χ1n) is 6.97. The molecule has 108 valence electrons. The molecule has 0 saturated heterocycles. The number of hydrogen-bond acceptors (Lipinski definition) is 3. The fourth-order valence-corrected chi connectivity index (χ4v) is 3.00. The highest BCUT2D eigenvalue weighted by Crippen LogP contribution is 2.31. The van der Waals surface area contributed by atoms with E-state index >= 15 is 0 Å². The summed E-state index contributed by atoms with van der Waals surface area (Å²) in [5, 5.41) is 9.29. The molecule has 0 spiro atoms. The third-order valence-corrected chi connectivity index (χ3v) is 4.17. The third-order valence-electron chi connectivity index (χ3n) is 3.53. The van der Waals surface area contributed by atoms with Crippen LogP contribution in [0.2, 0.25) is 0 Å². The van der Waals surface area contributed by atoms with Crippen LogP contribution >= 0.6 is 15.9 Å². The van der Waals surface area contributed by atoms with Gasteiger partial charge in [0.1, 0.15) is 0 Å². The quantitative estimate of drug-likeness (QED) is 0.805. The van der Waals surface area contributed by atoms with E-state index in [2.05, 4.69) is 52.9 Å². The van der Waals surface area contributed by atoms with Crippen LogP contribution in [0.3, 0.4) is 0 Å². The minimum atomic E-state index is 0.0322. The SMILES string of the molecule is CCC(CC)N(CCO)c1ccc(C(C)N)cc1Br. The number of hydrogen-bond donors (Lipinski definition) is 2. The van der Waals surface area contributed by atoms with Gasteiger partial charge in [0.2, 0.25) is 0 Å². The van der Waals surface area contributed by atoms with Crippen molar-refractivity contribution in [3.8, 4) is 0 Å². The summed E-state index contributed by atoms with van der Waals surface area (Å²) in [7, 11) is 0. The molecule has 0 bridgehead atoms. The van der Waals surface area contributed by atoms with Crippen LogP contribution in [0.1, 0.15) is 45.2 Å². The molecule has 19 heavy (non-hydrogen) atoms. The number of anilines is 1. The van der Waals surface area contributed by atoms with Crippen molar-refractivity contribution in [2.75, 3.05) is 18.1 Å². The van der Waals surface area contributed by atoms with Crippen molar-refractivity contribution >= 4 is 21.6 Å². The molecule has 1 unspecified atom stereocenters. The lowest BCUT2D eigenvalue weighted by Crippen LogP contribution is -2.37. The second kappa shape index (κ2) is 7.88. The Morgan fingerprint density at radius 2 is 1.95 bits per heavy atom. The van der Waals surface area contributed by atoms with E-state index in [9.17, 15) is 5.11 Å². The van der Waals surface area contributed by atoms with E-state index in [1.165, 1.54) is 0 Å². The van der Waals surface area contributed by atoms with Gasteiger partial charge >= 0.3 is 0 Å². The summed E-state index contributed by atoms with van der Waals surface area (Å²) < 4.78 is 1.04. The Kier molecular flexibility index (Phi) is 6.83. The van der Waals surface area contributed by atoms with Crippen molar-refractivity contribution in [1.82, 2.24) is 0 Å². The van der Waals surface area contributed by atoms with Gasteiger partial charge in [-0.2, -0.15) is 0 Å². The zero-order chi connectivity index (χ0) is 14.4. The van der Waals surface area contributed by atoms with E-state index < -0.39 is 0 Å². The van der Waals surface area contributed by atoms with Gasteiger partial charge in [-0.1, -0.05) is 19.9 Å². The van der Waals surface area contributed by atoms with Gasteiger partial charge in [0, 0.05) is 23.1 Å². The van der Waals surface area contributed by atoms with E-state index in [0.717, 1.165) is 28.6 Å². The molecule has 1 rings (SSSR count). The van der Waals surface area contributed by atoms with Crippen LogP contribution in [0.15, 0.2) is 22.7 Å². The number of nitrogens with two attached hydrogens (primary N) is 1. The summed E-state index contributed by atoms with van der Waals surface area (Å²) in [6.07, 6.45) is 2.13. The lowest BCUT2D eigenvalue weighted by Gasteiger charge is -2.33. The second-order valence-electron chi connectivity index (χ2n) is 4.89. The molecule has 4 heteroatoms. The summed E-state index contributed by atoms with van der Waals surface area (Å²) in [5.74, 6) is 0. The molecule has 1 aromatic rings. The molecule has 0 aliphatic rings. The number of benzene rings is 1. The van der Waals surface area contributed by atoms with Crippen LogP contribution in [0, 0.1) is 0 Å². The minimum absolute atomic E-state index is 0.0322. The highest BCUT2D eigenvalue weighted by Gasteiger charge is 2.18. The molecule has 0 aliphatic carbocycles. The molecule has 0 aliphatic heterocycles. The average Bonchev–Trinajstić information content (AvgIpc) is 2.39. The van der Waals surface area contributed by atoms with E-state index in [1.54, 1.807) is 0 Å². The molecule has 0 amide bonds. The van der Waals surface area contributed by atoms with Gasteiger partial charge in [-0.25, -0.2) is 0 Å². The van der Waals surface area contributed by atoms with Crippen molar-refractivity contribution in [3.05, 3.63) is 28.2 Å². The largest absolute Gasteiger partial charge is 0.395 e. The zero-order valence-electron chi connectivity index (χ0n) is 12.1. The van der Waals surface area contributed by atoms with Crippen LogP contribution < -0.4 is 10.6 Å². The average molecular weight is 329 g/mol. The van der Waals surface area contributed by atoms with Crippen LogP contribution in [0.25, 0.3) is 0 Å². The minimum Gasteiger partial charge on any atom is -0.395 e. The van der Waals surface area contributed by atoms with Crippen LogP contribution in [-0.2, 0) is 0 Å². The van der Waals surface area contributed by atoms with Gasteiger partial charge in [-0.15, -0.1) is 0 Å². The van der Waals surface area contributed by atoms with Crippen LogP contribution in [0.5, 0.6) is 0 Å². The van der Waals surface area contributed by atoms with E-state index in [4.69, 9.17) is 5.73 Å². The summed E-state index contributed by atoms with van der Waals surface area (Å²) in [4.78, 5) is 2.27. The maximum atomic E-state index is 9.29. The van der Waals surface area contributed by atoms with Crippen molar-refractivity contribution in [2.24, 2.45) is 5.73 Å². The fraction of sp³-hybridized carbons (Fsp3) is 0.600. The molecule has 3 N–H and O–H groups in total. The Morgan fingerprint density at radius 1 is 1.32 bits per heavy atom. The predicted molar refractivity (Wildman–Crippen MR) is 85.5 cm³/mol. The van der Waals surface area contributed by atoms with Gasteiger partial charge in [-0.05, 0) is 53.4 Å². The van der Waals surface area contributed by atoms with Crippen LogP contribution in [0.4, 0.5) is 5.69 Å². The summed E-state index contributed by atoms with van der Waals surface area (Å²) >= 11 is 3.63. The number of aliphatic hydroxyl groups excluding tert-OH is 1. The van der Waals surface area contributed by atoms with Gasteiger partial charge < -0.3 is 15.7 Å². The van der Waals surface area contributed by atoms with Gasteiger partial charge in [-0.3, -0.25) is 0 Å². The number of nitrogens with zero attached hydrogens (tertiary/aromatic N) is 1. The molecular formula is C15H25BrN2O. The molecule has 0 heterocycles. The molecule has 0 radical (unpaired) electrons. The van der Waals surface area contributed by atoms with Crippen molar-refractivity contribution in [1.29, 1.82) is 0 Å². The summed E-state index contributed by atoms with van der Waals surface area (Å²) in [6.45, 7) is 7.17. The highest BCUT2D eigenvalue weighted by molar-refractivity contribution is 9.10. The van der Waals surface area contributed by atoms with Gasteiger partial charge in [0.15, 0.2) is 0 Å². The fourth-order valence-electron chi connectivity index (χ4n) is 2.38. The third kappa shape index (κ3) is 4.20. The van der Waals surface area contributed by atoms with Gasteiger partial charge in [0.25, 0.3) is 0 Å². The first kappa shape index (κ1) is 16.5. The normalized spacial score (nSPS) is 12.8. The maximum absolute atomic E-state index is 9.29. The van der Waals surface area contributed by atoms with Crippen molar-refractivity contribution < 1.29 is 5.11 Å². The summed E-state index contributed by atoms with van der Waals surface area (Å²) in [6, 6.07) is 6.72. The predicted octanol–water partition coefficient (Wildman–Crippen LogP) is 3.46. The van der Waals surface area contributed by atoms with Crippen LogP contribution in [-0.4, -0.2) is 24.3 Å². The molecular weight excluding hydrogens is 304 g/mol. The first-order chi connectivity index (χ1) is 9.04. The highest BCUT2D eigenvalue weighted by atomic mass is 79.9. The topological polar surface area (TPSA) is 49.5 Å². The molecule has 1 atom stereocenters. The Morgan fingerprint density at radius 3 is 2.37 bits per heavy atom. The summed E-state index contributed by atoms with van der Waals surface area (Å²) in [5.41, 5.74) is 8.15.